The van der Waals surface area contributed by atoms with E-state index in [4.69, 9.17) is 4.74 Å². The zero-order valence-corrected chi connectivity index (χ0v) is 20.5. The molecule has 37 heavy (non-hydrogen) atoms. The molecule has 1 amide bonds. The Bertz CT molecular complexity index is 1110. The van der Waals surface area contributed by atoms with Gasteiger partial charge in [0.25, 0.3) is 0 Å². The van der Waals surface area contributed by atoms with Crippen LogP contribution in [0.15, 0.2) is 30.6 Å². The summed E-state index contributed by atoms with van der Waals surface area (Å²) in [7, 11) is 0. The number of alkyl halides is 3. The molecule has 2 aliphatic heterocycles. The Kier molecular flexibility index (Phi) is 6.49. The molecule has 1 aromatic heterocycles. The predicted molar refractivity (Wildman–Crippen MR) is 124 cm³/mol. The fraction of sp³-hybridized carbons (Fsp3) is 0.560. The zero-order chi connectivity index (χ0) is 26.5. The van der Waals surface area contributed by atoms with E-state index in [1.807, 2.05) is 18.7 Å². The van der Waals surface area contributed by atoms with Crippen molar-refractivity contribution in [1.29, 1.82) is 0 Å². The van der Waals surface area contributed by atoms with Crippen LogP contribution in [0.5, 0.6) is 0 Å². The average molecular weight is 526 g/mol. The van der Waals surface area contributed by atoms with Crippen LogP contribution in [0.25, 0.3) is 0 Å². The highest BCUT2D eigenvalue weighted by atomic mass is 19.4. The molecule has 0 radical (unpaired) electrons. The van der Waals surface area contributed by atoms with Crippen LogP contribution in [0.1, 0.15) is 37.8 Å². The molecule has 0 bridgehead atoms. The van der Waals surface area contributed by atoms with Crippen molar-refractivity contribution in [2.24, 2.45) is 5.41 Å². The number of benzene rings is 1. The standard InChI is InChI=1S/C25H28F5N5O2/c1-15-10-34(22-31-8-17(9-32-22)25(28,29)30)11-16(2)35(15)23(36)37-18-6-24(7-18)13-33(14-24)12-19-20(26)4-3-5-21(19)27/h3-5,8-9,15-16,18H,6-7,10-14H2,1-2H3/t15-,16+. The second kappa shape index (κ2) is 9.38. The molecule has 12 heteroatoms. The third-order valence-electron chi connectivity index (χ3n) is 7.53. The number of rotatable bonds is 4. The van der Waals surface area contributed by atoms with Crippen LogP contribution >= 0.6 is 0 Å². The average Bonchev–Trinajstić information content (AvgIpc) is 2.77. The fourth-order valence-corrected chi connectivity index (χ4v) is 5.85. The molecule has 2 aromatic rings. The number of amides is 1. The Labute approximate surface area is 211 Å². The van der Waals surface area contributed by atoms with Gasteiger partial charge in [0, 0.05) is 56.1 Å². The van der Waals surface area contributed by atoms with Gasteiger partial charge in [-0.3, -0.25) is 9.80 Å². The fourth-order valence-electron chi connectivity index (χ4n) is 5.85. The van der Waals surface area contributed by atoms with E-state index < -0.39 is 29.5 Å². The lowest BCUT2D eigenvalue weighted by atomic mass is 9.61. The maximum atomic E-state index is 13.9. The predicted octanol–water partition coefficient (Wildman–Crippen LogP) is 4.47. The molecule has 3 aliphatic rings. The SMILES string of the molecule is C[C@@H]1CN(c2ncc(C(F)(F)F)cn2)C[C@H](C)N1C(=O)OC1CC2(C1)CN(Cc1c(F)cccc1F)C2. The number of anilines is 1. The molecule has 7 nitrogen and oxygen atoms in total. The molecular weight excluding hydrogens is 497 g/mol. The maximum absolute atomic E-state index is 13.9. The molecule has 2 atom stereocenters. The normalized spacial score (nSPS) is 24.1. The Morgan fingerprint density at radius 3 is 2.16 bits per heavy atom. The number of carbonyl (C=O) groups excluding carboxylic acids is 1. The first kappa shape index (κ1) is 25.6. The molecule has 1 spiro atoms. The topological polar surface area (TPSA) is 61.8 Å². The minimum Gasteiger partial charge on any atom is -0.446 e. The second-order valence-corrected chi connectivity index (χ2v) is 10.5. The molecule has 1 aromatic carbocycles. The van der Waals surface area contributed by atoms with E-state index in [0.717, 1.165) is 12.4 Å². The van der Waals surface area contributed by atoms with Crippen molar-refractivity contribution in [3.63, 3.8) is 0 Å². The third-order valence-corrected chi connectivity index (χ3v) is 7.53. The minimum absolute atomic E-state index is 0.0164. The number of nitrogens with zero attached hydrogens (tertiary/aromatic N) is 5. The summed E-state index contributed by atoms with van der Waals surface area (Å²) in [5.41, 5.74) is -0.821. The van der Waals surface area contributed by atoms with E-state index in [0.29, 0.717) is 39.0 Å². The lowest BCUT2D eigenvalue weighted by Crippen LogP contribution is -2.65. The Morgan fingerprint density at radius 2 is 1.62 bits per heavy atom. The van der Waals surface area contributed by atoms with E-state index in [9.17, 15) is 26.7 Å². The highest BCUT2D eigenvalue weighted by Crippen LogP contribution is 2.50. The molecule has 2 saturated heterocycles. The van der Waals surface area contributed by atoms with E-state index in [2.05, 4.69) is 9.97 Å². The van der Waals surface area contributed by atoms with Gasteiger partial charge in [0.15, 0.2) is 0 Å². The molecule has 3 heterocycles. The van der Waals surface area contributed by atoms with Gasteiger partial charge in [-0.15, -0.1) is 0 Å². The summed E-state index contributed by atoms with van der Waals surface area (Å²) < 4.78 is 71.9. The van der Waals surface area contributed by atoms with E-state index in [-0.39, 0.29) is 41.7 Å². The molecular formula is C25H28F5N5O2. The zero-order valence-electron chi connectivity index (χ0n) is 20.5. The molecule has 1 aliphatic carbocycles. The monoisotopic (exact) mass is 525 g/mol. The van der Waals surface area contributed by atoms with Crippen molar-refractivity contribution in [3.8, 4) is 0 Å². The third kappa shape index (κ3) is 5.07. The maximum Gasteiger partial charge on any atom is 0.419 e. The number of aromatic nitrogens is 2. The highest BCUT2D eigenvalue weighted by molar-refractivity contribution is 5.69. The minimum atomic E-state index is -4.50. The van der Waals surface area contributed by atoms with Crippen molar-refractivity contribution in [3.05, 3.63) is 53.4 Å². The van der Waals surface area contributed by atoms with Gasteiger partial charge in [0.1, 0.15) is 17.7 Å². The van der Waals surface area contributed by atoms with Gasteiger partial charge >= 0.3 is 12.3 Å². The number of likely N-dealkylation sites (tertiary alicyclic amines) is 1. The molecule has 3 fully saturated rings. The summed E-state index contributed by atoms with van der Waals surface area (Å²) in [5.74, 6) is -0.908. The number of carbonyl (C=O) groups is 1. The first-order valence-corrected chi connectivity index (χ1v) is 12.2. The highest BCUT2D eigenvalue weighted by Gasteiger charge is 2.54. The van der Waals surface area contributed by atoms with Gasteiger partial charge in [-0.05, 0) is 38.8 Å². The van der Waals surface area contributed by atoms with Crippen molar-refractivity contribution in [2.75, 3.05) is 31.1 Å². The number of ether oxygens (including phenoxy) is 1. The van der Waals surface area contributed by atoms with Crippen LogP contribution < -0.4 is 4.90 Å². The summed E-state index contributed by atoms with van der Waals surface area (Å²) in [6.45, 7) is 6.04. The quantitative estimate of drug-likeness (QED) is 0.549. The van der Waals surface area contributed by atoms with Gasteiger partial charge < -0.3 is 9.64 Å². The van der Waals surface area contributed by atoms with E-state index in [1.54, 1.807) is 9.80 Å². The van der Waals surface area contributed by atoms with Crippen molar-refractivity contribution in [1.82, 2.24) is 19.8 Å². The van der Waals surface area contributed by atoms with E-state index >= 15 is 0 Å². The van der Waals surface area contributed by atoms with Crippen LogP contribution in [0, 0.1) is 17.0 Å². The lowest BCUT2D eigenvalue weighted by molar-refractivity contribution is -0.138. The van der Waals surface area contributed by atoms with Crippen LogP contribution in [0.3, 0.4) is 0 Å². The summed E-state index contributed by atoms with van der Waals surface area (Å²) in [5, 5.41) is 0. The Hall–Kier alpha value is -3.02. The summed E-state index contributed by atoms with van der Waals surface area (Å²) in [6, 6.07) is 3.34. The van der Waals surface area contributed by atoms with Crippen LogP contribution in [-0.2, 0) is 17.5 Å². The number of hydrogen-bond acceptors (Lipinski definition) is 6. The number of piperazine rings is 1. The summed E-state index contributed by atoms with van der Waals surface area (Å²) in [4.78, 5) is 26.1. The molecule has 5 rings (SSSR count). The van der Waals surface area contributed by atoms with Crippen LogP contribution in [0.2, 0.25) is 0 Å². The van der Waals surface area contributed by atoms with Crippen molar-refractivity contribution < 1.29 is 31.5 Å². The van der Waals surface area contributed by atoms with Gasteiger partial charge in [-0.2, -0.15) is 13.2 Å². The van der Waals surface area contributed by atoms with E-state index in [1.165, 1.54) is 18.2 Å². The molecule has 1 saturated carbocycles. The Balaban J connectivity index is 1.10. The van der Waals surface area contributed by atoms with Gasteiger partial charge in [0.05, 0.1) is 17.6 Å². The van der Waals surface area contributed by atoms with Gasteiger partial charge in [-0.25, -0.2) is 23.5 Å². The van der Waals surface area contributed by atoms with Crippen LogP contribution in [-0.4, -0.2) is 70.2 Å². The number of halogens is 5. The van der Waals surface area contributed by atoms with Gasteiger partial charge in [-0.1, -0.05) is 6.07 Å². The smallest absolute Gasteiger partial charge is 0.419 e. The molecule has 0 unspecified atom stereocenters. The molecule has 200 valence electrons. The largest absolute Gasteiger partial charge is 0.446 e. The lowest BCUT2D eigenvalue weighted by Gasteiger charge is -2.58. The summed E-state index contributed by atoms with van der Waals surface area (Å²) >= 11 is 0. The first-order chi connectivity index (χ1) is 17.4. The first-order valence-electron chi connectivity index (χ1n) is 12.2. The second-order valence-electron chi connectivity index (χ2n) is 10.5. The van der Waals surface area contributed by atoms with Crippen molar-refractivity contribution in [2.45, 2.75) is 57.6 Å². The Morgan fingerprint density at radius 1 is 1.05 bits per heavy atom. The van der Waals surface area contributed by atoms with Crippen molar-refractivity contribution >= 4 is 12.0 Å². The van der Waals surface area contributed by atoms with Gasteiger partial charge in [0.2, 0.25) is 5.95 Å². The molecule has 0 N–H and O–H groups in total. The number of hydrogen-bond donors (Lipinski definition) is 0. The summed E-state index contributed by atoms with van der Waals surface area (Å²) in [6.07, 6.45) is -2.20. The van der Waals surface area contributed by atoms with Crippen LogP contribution in [0.4, 0.5) is 32.7 Å².